The Bertz CT molecular complexity index is 2180. The molecule has 4 aromatic rings. The zero-order valence-electron chi connectivity index (χ0n) is 32.3. The highest BCUT2D eigenvalue weighted by atomic mass is 79.9. The molecule has 0 unspecified atom stereocenters. The van der Waals surface area contributed by atoms with E-state index in [1.165, 1.54) is 30.5 Å². The summed E-state index contributed by atoms with van der Waals surface area (Å²) in [7, 11) is 0. The number of aliphatic carboxylic acids is 1. The van der Waals surface area contributed by atoms with Crippen molar-refractivity contribution in [2.45, 2.75) is 75.9 Å². The van der Waals surface area contributed by atoms with Gasteiger partial charge in [-0.1, -0.05) is 70.5 Å². The van der Waals surface area contributed by atoms with E-state index in [0.29, 0.717) is 22.5 Å². The van der Waals surface area contributed by atoms with Crippen LogP contribution in [0.4, 0.5) is 5.69 Å². The van der Waals surface area contributed by atoms with Crippen LogP contribution in [0.15, 0.2) is 106 Å². The lowest BCUT2D eigenvalue weighted by Crippen LogP contribution is -2.60. The molecule has 3 heterocycles. The lowest BCUT2D eigenvalue weighted by atomic mass is 10.0. The Hall–Kier alpha value is -6.82. The van der Waals surface area contributed by atoms with E-state index in [2.05, 4.69) is 42.5 Å². The van der Waals surface area contributed by atoms with Gasteiger partial charge in [0.15, 0.2) is 0 Å². The SMILES string of the molecule is CC(=O)O[C@H]1C(=O)Nc2ccc(cc2)C[C@H](C(=O)O)NC(=O)[C@@H](Cc2ccco2)NC(=O)[C@H](Cc2ccc(Br)cc2)NC(=O)[C@@H](Cc2ccccc2)NC(=O)[C@@H]1OC(C)=O. The maximum Gasteiger partial charge on any atom is 0.326 e. The molecule has 6 atom stereocenters. The summed E-state index contributed by atoms with van der Waals surface area (Å²) < 4.78 is 16.7. The van der Waals surface area contributed by atoms with Crippen molar-refractivity contribution >= 4 is 69.1 Å². The van der Waals surface area contributed by atoms with Crippen molar-refractivity contribution < 1.29 is 57.4 Å². The Labute approximate surface area is 352 Å². The maximum absolute atomic E-state index is 14.4. The molecule has 3 aromatic carbocycles. The number of furan rings is 1. The molecular formula is C42H42BrN5O12. The number of rotatable bonds is 9. The minimum Gasteiger partial charge on any atom is -0.480 e. The molecule has 2 bridgehead atoms. The highest BCUT2D eigenvalue weighted by Crippen LogP contribution is 2.18. The van der Waals surface area contributed by atoms with Crippen molar-refractivity contribution in [1.29, 1.82) is 0 Å². The molecule has 60 heavy (non-hydrogen) atoms. The van der Waals surface area contributed by atoms with Gasteiger partial charge in [-0.05, 0) is 53.1 Å². The summed E-state index contributed by atoms with van der Waals surface area (Å²) in [5.74, 6) is -8.00. The Kier molecular flexibility index (Phi) is 15.3. The number of carbonyl (C=O) groups is 8. The highest BCUT2D eigenvalue weighted by Gasteiger charge is 2.41. The van der Waals surface area contributed by atoms with Crippen LogP contribution < -0.4 is 26.6 Å². The van der Waals surface area contributed by atoms with E-state index in [1.54, 1.807) is 66.7 Å². The van der Waals surface area contributed by atoms with Crippen molar-refractivity contribution in [1.82, 2.24) is 21.3 Å². The lowest BCUT2D eigenvalue weighted by Gasteiger charge is -2.28. The van der Waals surface area contributed by atoms with Gasteiger partial charge in [0.05, 0.1) is 6.26 Å². The standard InChI is InChI=1S/C42H42BrN5O12/c1-23(49)59-35-36(60-24(2)50)41(55)47-32(19-25-7-4-3-5-8-25)38(52)45-31(20-26-10-14-28(43)15-11-26)37(51)46-33(22-30-9-6-18-58-30)39(53)48-34(42(56)57)21-27-12-16-29(17-13-27)44-40(35)54/h3-18,31-36H,19-22H2,1-2H3,(H,44,54)(H,45,52)(H,46,51)(H,47,55)(H,48,53)(H,56,57)/t31-,32+,33+,34+,35+,36+/m0/s1. The van der Waals surface area contributed by atoms with E-state index < -0.39 is 83.8 Å². The predicted octanol–water partition coefficient (Wildman–Crippen LogP) is 2.15. The van der Waals surface area contributed by atoms with Crippen molar-refractivity contribution in [3.05, 3.63) is 124 Å². The van der Waals surface area contributed by atoms with Crippen LogP contribution in [0, 0.1) is 0 Å². The van der Waals surface area contributed by atoms with Crippen molar-refractivity contribution in [2.75, 3.05) is 5.32 Å². The first-order valence-corrected chi connectivity index (χ1v) is 19.4. The van der Waals surface area contributed by atoms with Gasteiger partial charge in [0.25, 0.3) is 11.8 Å². The van der Waals surface area contributed by atoms with E-state index in [4.69, 9.17) is 13.9 Å². The third-order valence-electron chi connectivity index (χ3n) is 9.17. The fourth-order valence-electron chi connectivity index (χ4n) is 6.27. The van der Waals surface area contributed by atoms with E-state index in [9.17, 15) is 43.5 Å². The number of nitrogens with one attached hydrogen (secondary N) is 5. The molecule has 5 amide bonds. The molecular weight excluding hydrogens is 846 g/mol. The minimum atomic E-state index is -2.11. The molecule has 6 N–H and O–H groups in total. The van der Waals surface area contributed by atoms with Gasteiger partial charge in [-0.15, -0.1) is 0 Å². The Morgan fingerprint density at radius 3 is 1.68 bits per heavy atom. The lowest BCUT2D eigenvalue weighted by molar-refractivity contribution is -0.173. The number of esters is 2. The third-order valence-corrected chi connectivity index (χ3v) is 9.70. The molecule has 0 fully saturated rings. The van der Waals surface area contributed by atoms with Crippen LogP contribution in [-0.2, 0) is 73.5 Å². The maximum atomic E-state index is 14.4. The molecule has 0 radical (unpaired) electrons. The quantitative estimate of drug-likeness (QED) is 0.105. The topological polar surface area (TPSA) is 249 Å². The van der Waals surface area contributed by atoms with Crippen LogP contribution in [-0.4, -0.2) is 88.9 Å². The van der Waals surface area contributed by atoms with E-state index in [-0.39, 0.29) is 31.4 Å². The third kappa shape index (κ3) is 12.8. The summed E-state index contributed by atoms with van der Waals surface area (Å²) in [5.41, 5.74) is 1.67. The van der Waals surface area contributed by atoms with Crippen LogP contribution >= 0.6 is 15.9 Å². The zero-order chi connectivity index (χ0) is 43.3. The molecule has 2 aliphatic rings. The Morgan fingerprint density at radius 1 is 0.633 bits per heavy atom. The Balaban J connectivity index is 1.60. The number of amides is 5. The molecule has 0 aliphatic carbocycles. The first-order valence-electron chi connectivity index (χ1n) is 18.6. The van der Waals surface area contributed by atoms with Gasteiger partial charge < -0.3 is 45.6 Å². The van der Waals surface area contributed by atoms with Gasteiger partial charge in [0, 0.05) is 49.7 Å². The van der Waals surface area contributed by atoms with E-state index in [1.807, 2.05) is 0 Å². The van der Waals surface area contributed by atoms with Crippen molar-refractivity contribution in [3.8, 4) is 0 Å². The van der Waals surface area contributed by atoms with Crippen LogP contribution in [0.3, 0.4) is 0 Å². The number of halogens is 1. The molecule has 0 saturated carbocycles. The van der Waals surface area contributed by atoms with Gasteiger partial charge in [-0.2, -0.15) is 0 Å². The van der Waals surface area contributed by atoms with Crippen LogP contribution in [0.5, 0.6) is 0 Å². The molecule has 1 aromatic heterocycles. The number of anilines is 1. The predicted molar refractivity (Wildman–Crippen MR) is 216 cm³/mol. The van der Waals surface area contributed by atoms with E-state index >= 15 is 0 Å². The average molecular weight is 889 g/mol. The summed E-state index contributed by atoms with van der Waals surface area (Å²) in [4.78, 5) is 108. The minimum absolute atomic E-state index is 0.115. The zero-order valence-corrected chi connectivity index (χ0v) is 33.9. The first-order chi connectivity index (χ1) is 28.6. The van der Waals surface area contributed by atoms with Crippen LogP contribution in [0.2, 0.25) is 0 Å². The number of hydrogen-bond donors (Lipinski definition) is 6. The summed E-state index contributed by atoms with van der Waals surface area (Å²) in [6.07, 6.45) is -3.52. The number of fused-ring (bicyclic) bond motifs is 18. The average Bonchev–Trinajstić information content (AvgIpc) is 3.72. The van der Waals surface area contributed by atoms with Crippen molar-refractivity contribution in [2.24, 2.45) is 0 Å². The van der Waals surface area contributed by atoms with Gasteiger partial charge in [0.2, 0.25) is 29.9 Å². The molecule has 18 heteroatoms. The molecule has 314 valence electrons. The van der Waals surface area contributed by atoms with Gasteiger partial charge in [-0.25, -0.2) is 4.79 Å². The monoisotopic (exact) mass is 887 g/mol. The Morgan fingerprint density at radius 2 is 1.15 bits per heavy atom. The number of carbonyl (C=O) groups excluding carboxylic acids is 7. The second-order valence-corrected chi connectivity index (χ2v) is 14.8. The van der Waals surface area contributed by atoms with Crippen LogP contribution in [0.25, 0.3) is 0 Å². The summed E-state index contributed by atoms with van der Waals surface area (Å²) in [6, 6.07) is 18.4. The number of ether oxygens (including phenoxy) is 2. The second kappa shape index (κ2) is 20.7. The van der Waals surface area contributed by atoms with Gasteiger partial charge >= 0.3 is 17.9 Å². The fraction of sp³-hybridized carbons (Fsp3) is 0.286. The largest absolute Gasteiger partial charge is 0.480 e. The molecule has 2 aliphatic heterocycles. The van der Waals surface area contributed by atoms with Crippen LogP contribution in [0.1, 0.15) is 36.3 Å². The fourth-order valence-corrected chi connectivity index (χ4v) is 6.54. The second-order valence-electron chi connectivity index (χ2n) is 13.8. The molecule has 17 nitrogen and oxygen atoms in total. The summed E-state index contributed by atoms with van der Waals surface area (Å²) in [6.45, 7) is 1.94. The number of carboxylic acids is 1. The molecule has 0 saturated heterocycles. The van der Waals surface area contributed by atoms with Gasteiger partial charge in [-0.3, -0.25) is 33.6 Å². The number of carboxylic acid groups (broad SMARTS) is 1. The summed E-state index contributed by atoms with van der Waals surface area (Å²) in [5, 5.41) is 23.0. The van der Waals surface area contributed by atoms with E-state index in [0.717, 1.165) is 18.3 Å². The van der Waals surface area contributed by atoms with Gasteiger partial charge in [0.1, 0.15) is 29.9 Å². The smallest absolute Gasteiger partial charge is 0.326 e. The highest BCUT2D eigenvalue weighted by molar-refractivity contribution is 9.10. The van der Waals surface area contributed by atoms with Crippen molar-refractivity contribution in [3.63, 3.8) is 0 Å². The molecule has 0 spiro atoms. The molecule has 6 rings (SSSR count). The first kappa shape index (κ1) is 44.3. The summed E-state index contributed by atoms with van der Waals surface area (Å²) >= 11 is 3.38. The number of benzene rings is 3. The number of hydrogen-bond acceptors (Lipinski definition) is 11. The normalized spacial score (nSPS) is 21.8.